The van der Waals surface area contributed by atoms with Gasteiger partial charge in [-0.05, 0) is 30.7 Å². The summed E-state index contributed by atoms with van der Waals surface area (Å²) in [4.78, 5) is 25.2. The number of nitrogens with two attached hydrogens (primary N) is 2. The lowest BCUT2D eigenvalue weighted by Gasteiger charge is -2.11. The van der Waals surface area contributed by atoms with Crippen LogP contribution in [0.3, 0.4) is 0 Å². The minimum absolute atomic E-state index is 0.0152. The minimum atomic E-state index is -0.641. The molecule has 30 heavy (non-hydrogen) atoms. The van der Waals surface area contributed by atoms with Crippen molar-refractivity contribution in [2.45, 2.75) is 11.3 Å². The van der Waals surface area contributed by atoms with Gasteiger partial charge in [0.15, 0.2) is 11.5 Å². The molecule has 156 valence electrons. The number of esters is 1. The topological polar surface area (TPSA) is 126 Å². The molecule has 0 amide bonds. The molecule has 2 heterocycles. The number of pyridine rings is 1. The van der Waals surface area contributed by atoms with Crippen molar-refractivity contribution in [3.63, 3.8) is 0 Å². The standard InChI is InChI=1S/C20H20BrN5O3S/c1-28-20(27)18-19(23)25-11-16(26-18)13-9-12(3-4-14(13)21)29-7-2-8-30-17-5-6-24-10-15(17)22/h3-6,9-11H,2,7-8,22H2,1H3,(H2,23,25). The van der Waals surface area contributed by atoms with E-state index in [2.05, 4.69) is 30.9 Å². The Morgan fingerprint density at radius 1 is 1.23 bits per heavy atom. The molecule has 3 aromatic rings. The summed E-state index contributed by atoms with van der Waals surface area (Å²) in [7, 11) is 1.27. The number of carbonyl (C=O) groups excluding carboxylic acids is 1. The van der Waals surface area contributed by atoms with Crippen LogP contribution in [0, 0.1) is 0 Å². The Labute approximate surface area is 186 Å². The molecular weight excluding hydrogens is 470 g/mol. The lowest BCUT2D eigenvalue weighted by atomic mass is 10.1. The second-order valence-electron chi connectivity index (χ2n) is 6.09. The zero-order chi connectivity index (χ0) is 21.5. The van der Waals surface area contributed by atoms with Gasteiger partial charge in [0.25, 0.3) is 0 Å². The number of benzene rings is 1. The Hall–Kier alpha value is -2.85. The van der Waals surface area contributed by atoms with E-state index in [1.54, 1.807) is 24.2 Å². The Morgan fingerprint density at radius 2 is 2.07 bits per heavy atom. The van der Waals surface area contributed by atoms with Crippen LogP contribution in [0.5, 0.6) is 5.75 Å². The fourth-order valence-electron chi connectivity index (χ4n) is 2.52. The molecule has 3 rings (SSSR count). The molecule has 0 unspecified atom stereocenters. The summed E-state index contributed by atoms with van der Waals surface area (Å²) in [5.74, 6) is 0.919. The largest absolute Gasteiger partial charge is 0.494 e. The number of nitrogen functional groups attached to an aromatic ring is 2. The van der Waals surface area contributed by atoms with Crippen molar-refractivity contribution in [1.29, 1.82) is 0 Å². The molecule has 0 fully saturated rings. The number of thioether (sulfide) groups is 1. The van der Waals surface area contributed by atoms with Gasteiger partial charge in [-0.3, -0.25) is 4.98 Å². The Bertz CT molecular complexity index is 1050. The van der Waals surface area contributed by atoms with Gasteiger partial charge in [0.05, 0.1) is 37.5 Å². The van der Waals surface area contributed by atoms with E-state index in [1.165, 1.54) is 13.3 Å². The van der Waals surface area contributed by atoms with E-state index in [9.17, 15) is 4.79 Å². The molecule has 10 heteroatoms. The second-order valence-corrected chi connectivity index (χ2v) is 8.08. The first kappa shape index (κ1) is 21.8. The first-order valence-electron chi connectivity index (χ1n) is 8.95. The molecule has 0 aliphatic heterocycles. The van der Waals surface area contributed by atoms with Gasteiger partial charge in [0, 0.05) is 26.9 Å². The molecule has 0 radical (unpaired) electrons. The van der Waals surface area contributed by atoms with Gasteiger partial charge in [0.1, 0.15) is 5.75 Å². The first-order valence-corrected chi connectivity index (χ1v) is 10.7. The summed E-state index contributed by atoms with van der Waals surface area (Å²) >= 11 is 5.17. The zero-order valence-corrected chi connectivity index (χ0v) is 18.6. The van der Waals surface area contributed by atoms with Crippen molar-refractivity contribution in [2.24, 2.45) is 0 Å². The molecule has 0 atom stereocenters. The van der Waals surface area contributed by atoms with Gasteiger partial charge < -0.3 is 20.9 Å². The molecular formula is C20H20BrN5O3S. The predicted octanol–water partition coefficient (Wildman–Crippen LogP) is 3.81. The highest BCUT2D eigenvalue weighted by Gasteiger charge is 2.16. The fourth-order valence-corrected chi connectivity index (χ4v) is 3.83. The number of ether oxygens (including phenoxy) is 2. The minimum Gasteiger partial charge on any atom is -0.494 e. The van der Waals surface area contributed by atoms with Gasteiger partial charge >= 0.3 is 5.97 Å². The number of nitrogens with zero attached hydrogens (tertiary/aromatic N) is 3. The second kappa shape index (κ2) is 10.3. The highest BCUT2D eigenvalue weighted by Crippen LogP contribution is 2.31. The van der Waals surface area contributed by atoms with Crippen LogP contribution < -0.4 is 16.2 Å². The van der Waals surface area contributed by atoms with Crippen LogP contribution in [0.1, 0.15) is 16.9 Å². The number of rotatable bonds is 8. The summed E-state index contributed by atoms with van der Waals surface area (Å²) < 4.78 is 11.4. The third-order valence-corrected chi connectivity index (χ3v) is 5.89. The molecule has 0 aliphatic carbocycles. The smallest absolute Gasteiger partial charge is 0.360 e. The fraction of sp³-hybridized carbons (Fsp3) is 0.200. The summed E-state index contributed by atoms with van der Waals surface area (Å²) in [6.45, 7) is 0.542. The van der Waals surface area contributed by atoms with Crippen molar-refractivity contribution in [3.8, 4) is 17.0 Å². The first-order chi connectivity index (χ1) is 14.5. The van der Waals surface area contributed by atoms with Gasteiger partial charge in [-0.25, -0.2) is 14.8 Å². The number of aromatic nitrogens is 3. The molecule has 4 N–H and O–H groups in total. The third-order valence-electron chi connectivity index (χ3n) is 4.02. The van der Waals surface area contributed by atoms with Crippen LogP contribution >= 0.6 is 27.7 Å². The molecule has 0 spiro atoms. The third kappa shape index (κ3) is 5.39. The van der Waals surface area contributed by atoms with E-state index >= 15 is 0 Å². The average molecular weight is 490 g/mol. The lowest BCUT2D eigenvalue weighted by Crippen LogP contribution is -2.10. The molecule has 0 bridgehead atoms. The van der Waals surface area contributed by atoms with Crippen molar-refractivity contribution in [2.75, 3.05) is 30.9 Å². The quantitative estimate of drug-likeness (QED) is 0.275. The van der Waals surface area contributed by atoms with E-state index in [1.807, 2.05) is 24.3 Å². The van der Waals surface area contributed by atoms with Crippen LogP contribution in [0.25, 0.3) is 11.3 Å². The summed E-state index contributed by atoms with van der Waals surface area (Å²) in [5, 5.41) is 0. The van der Waals surface area contributed by atoms with Gasteiger partial charge in [-0.2, -0.15) is 0 Å². The number of hydrogen-bond acceptors (Lipinski definition) is 9. The molecule has 2 aromatic heterocycles. The van der Waals surface area contributed by atoms with E-state index in [-0.39, 0.29) is 11.5 Å². The average Bonchev–Trinajstić information content (AvgIpc) is 2.75. The number of hydrogen-bond donors (Lipinski definition) is 2. The summed E-state index contributed by atoms with van der Waals surface area (Å²) in [6, 6.07) is 7.44. The normalized spacial score (nSPS) is 10.6. The summed E-state index contributed by atoms with van der Waals surface area (Å²) in [5.41, 5.74) is 13.5. The maximum Gasteiger partial charge on any atom is 0.360 e. The molecule has 0 saturated carbocycles. The van der Waals surface area contributed by atoms with Gasteiger partial charge in [0.2, 0.25) is 0 Å². The maximum atomic E-state index is 11.8. The Balaban J connectivity index is 1.64. The number of carbonyl (C=O) groups is 1. The van der Waals surface area contributed by atoms with Crippen LogP contribution in [-0.4, -0.2) is 40.4 Å². The van der Waals surface area contributed by atoms with Crippen molar-refractivity contribution >= 4 is 45.2 Å². The lowest BCUT2D eigenvalue weighted by molar-refractivity contribution is 0.0595. The maximum absolute atomic E-state index is 11.8. The van der Waals surface area contributed by atoms with Crippen LogP contribution in [-0.2, 0) is 4.74 Å². The predicted molar refractivity (Wildman–Crippen MR) is 120 cm³/mol. The molecule has 0 saturated heterocycles. The Morgan fingerprint density at radius 3 is 2.83 bits per heavy atom. The highest BCUT2D eigenvalue weighted by atomic mass is 79.9. The highest BCUT2D eigenvalue weighted by molar-refractivity contribution is 9.10. The van der Waals surface area contributed by atoms with E-state index in [0.29, 0.717) is 23.7 Å². The molecule has 1 aromatic carbocycles. The van der Waals surface area contributed by atoms with Gasteiger partial charge in [-0.15, -0.1) is 11.8 Å². The van der Waals surface area contributed by atoms with Crippen LogP contribution in [0.15, 0.2) is 52.2 Å². The SMILES string of the molecule is COC(=O)c1nc(-c2cc(OCCCSc3ccncc3N)ccc2Br)cnc1N. The molecule has 0 aliphatic rings. The van der Waals surface area contributed by atoms with Crippen LogP contribution in [0.4, 0.5) is 11.5 Å². The summed E-state index contributed by atoms with van der Waals surface area (Å²) in [6.07, 6.45) is 5.71. The number of halogens is 1. The van der Waals surface area contributed by atoms with E-state index < -0.39 is 5.97 Å². The van der Waals surface area contributed by atoms with E-state index in [4.69, 9.17) is 20.9 Å². The monoisotopic (exact) mass is 489 g/mol. The van der Waals surface area contributed by atoms with Gasteiger partial charge in [-0.1, -0.05) is 15.9 Å². The van der Waals surface area contributed by atoms with Crippen LogP contribution in [0.2, 0.25) is 0 Å². The Kier molecular flexibility index (Phi) is 7.47. The molecule has 8 nitrogen and oxygen atoms in total. The van der Waals surface area contributed by atoms with Crippen molar-refractivity contribution in [1.82, 2.24) is 15.0 Å². The zero-order valence-electron chi connectivity index (χ0n) is 16.2. The van der Waals surface area contributed by atoms with Crippen molar-refractivity contribution in [3.05, 3.63) is 53.0 Å². The number of anilines is 2. The number of methoxy groups -OCH3 is 1. The van der Waals surface area contributed by atoms with E-state index in [0.717, 1.165) is 27.1 Å². The van der Waals surface area contributed by atoms with Crippen molar-refractivity contribution < 1.29 is 14.3 Å².